The van der Waals surface area contributed by atoms with Crippen molar-refractivity contribution < 1.29 is 9.53 Å². The van der Waals surface area contributed by atoms with E-state index in [1.807, 2.05) is 33.9 Å². The number of aromatic nitrogens is 1. The standard InChI is InChI=1S/C18H33N5O2S/c1-6-14-13-23-15(26-14)9-12-21-16(19-7-2)20-10-8-11-22-17(24)25-18(3,4)5/h13H,6-12H2,1-5H3,(H,22,24)(H2,19,20,21). The molecule has 1 aromatic heterocycles. The molecule has 26 heavy (non-hydrogen) atoms. The summed E-state index contributed by atoms with van der Waals surface area (Å²) in [5, 5.41) is 10.4. The SMILES string of the molecule is CCNC(=NCCCNC(=O)OC(C)(C)C)NCCc1ncc(CC)s1. The summed E-state index contributed by atoms with van der Waals surface area (Å²) in [7, 11) is 0. The minimum atomic E-state index is -0.473. The highest BCUT2D eigenvalue weighted by atomic mass is 32.1. The van der Waals surface area contributed by atoms with Crippen LogP contribution in [0.4, 0.5) is 4.79 Å². The molecule has 0 spiro atoms. The molecule has 0 aliphatic rings. The topological polar surface area (TPSA) is 87.6 Å². The number of nitrogens with one attached hydrogen (secondary N) is 3. The third kappa shape index (κ3) is 10.2. The largest absolute Gasteiger partial charge is 0.444 e. The molecule has 1 aromatic rings. The lowest BCUT2D eigenvalue weighted by Gasteiger charge is -2.19. The Hall–Kier alpha value is -1.83. The first kappa shape index (κ1) is 22.2. The second-order valence-electron chi connectivity index (χ2n) is 6.79. The van der Waals surface area contributed by atoms with Crippen molar-refractivity contribution in [2.24, 2.45) is 4.99 Å². The van der Waals surface area contributed by atoms with Gasteiger partial charge in [-0.1, -0.05) is 6.92 Å². The van der Waals surface area contributed by atoms with Gasteiger partial charge < -0.3 is 20.7 Å². The van der Waals surface area contributed by atoms with E-state index < -0.39 is 5.60 Å². The van der Waals surface area contributed by atoms with Crippen LogP contribution < -0.4 is 16.0 Å². The fourth-order valence-electron chi connectivity index (χ4n) is 2.03. The van der Waals surface area contributed by atoms with Crippen LogP contribution in [0.25, 0.3) is 0 Å². The van der Waals surface area contributed by atoms with Crippen molar-refractivity contribution in [1.82, 2.24) is 20.9 Å². The van der Waals surface area contributed by atoms with Gasteiger partial charge in [-0.05, 0) is 40.5 Å². The minimum absolute atomic E-state index is 0.388. The van der Waals surface area contributed by atoms with Gasteiger partial charge in [0.05, 0.1) is 5.01 Å². The van der Waals surface area contributed by atoms with Crippen molar-refractivity contribution in [2.45, 2.75) is 59.5 Å². The Bertz CT molecular complexity index is 566. The summed E-state index contributed by atoms with van der Waals surface area (Å²) in [4.78, 5) is 21.8. The van der Waals surface area contributed by atoms with E-state index in [0.29, 0.717) is 13.1 Å². The van der Waals surface area contributed by atoms with E-state index in [2.05, 4.69) is 32.9 Å². The lowest BCUT2D eigenvalue weighted by atomic mass is 10.2. The molecule has 1 amide bonds. The van der Waals surface area contributed by atoms with Crippen LogP contribution in [0.2, 0.25) is 0 Å². The predicted molar refractivity (Wildman–Crippen MR) is 108 cm³/mol. The Morgan fingerprint density at radius 2 is 2.00 bits per heavy atom. The summed E-state index contributed by atoms with van der Waals surface area (Å²) in [5.74, 6) is 0.789. The number of hydrogen-bond acceptors (Lipinski definition) is 5. The predicted octanol–water partition coefficient (Wildman–Crippen LogP) is 2.72. The van der Waals surface area contributed by atoms with Gasteiger partial charge in [0.2, 0.25) is 0 Å². The molecule has 0 aliphatic heterocycles. The molecule has 0 aromatic carbocycles. The van der Waals surface area contributed by atoms with Crippen LogP contribution in [0.3, 0.4) is 0 Å². The molecule has 0 aliphatic carbocycles. The summed E-state index contributed by atoms with van der Waals surface area (Å²) >= 11 is 1.77. The maximum absolute atomic E-state index is 11.6. The maximum atomic E-state index is 11.6. The molecule has 0 radical (unpaired) electrons. The number of amides is 1. The number of thiazole rings is 1. The van der Waals surface area contributed by atoms with Gasteiger partial charge in [-0.2, -0.15) is 0 Å². The molecule has 0 atom stereocenters. The Balaban J connectivity index is 2.26. The molecule has 7 nitrogen and oxygen atoms in total. The lowest BCUT2D eigenvalue weighted by Crippen LogP contribution is -2.38. The van der Waals surface area contributed by atoms with E-state index in [1.54, 1.807) is 11.3 Å². The number of guanidine groups is 1. The first-order valence-corrected chi connectivity index (χ1v) is 10.1. The molecule has 0 bridgehead atoms. The van der Waals surface area contributed by atoms with E-state index in [-0.39, 0.29) is 6.09 Å². The normalized spacial score (nSPS) is 12.0. The maximum Gasteiger partial charge on any atom is 0.407 e. The van der Waals surface area contributed by atoms with Crippen molar-refractivity contribution in [3.05, 3.63) is 16.1 Å². The Labute approximate surface area is 161 Å². The number of carbonyl (C=O) groups is 1. The van der Waals surface area contributed by atoms with Crippen molar-refractivity contribution >= 4 is 23.4 Å². The molecule has 8 heteroatoms. The fourth-order valence-corrected chi connectivity index (χ4v) is 2.89. The van der Waals surface area contributed by atoms with Gasteiger partial charge in [-0.25, -0.2) is 9.78 Å². The van der Waals surface area contributed by atoms with Crippen molar-refractivity contribution in [3.63, 3.8) is 0 Å². The zero-order valence-electron chi connectivity index (χ0n) is 16.6. The number of carbonyl (C=O) groups excluding carboxylic acids is 1. The zero-order chi connectivity index (χ0) is 19.4. The van der Waals surface area contributed by atoms with Crippen LogP contribution in [0, 0.1) is 0 Å². The van der Waals surface area contributed by atoms with Gasteiger partial charge >= 0.3 is 6.09 Å². The first-order chi connectivity index (χ1) is 12.3. The summed E-state index contributed by atoms with van der Waals surface area (Å²) < 4.78 is 5.19. The van der Waals surface area contributed by atoms with Crippen molar-refractivity contribution in [1.29, 1.82) is 0 Å². The second-order valence-corrected chi connectivity index (χ2v) is 7.99. The Morgan fingerprint density at radius 3 is 2.62 bits per heavy atom. The van der Waals surface area contributed by atoms with Gasteiger partial charge in [-0.3, -0.25) is 4.99 Å². The number of ether oxygens (including phenoxy) is 1. The molecule has 0 saturated carbocycles. The van der Waals surface area contributed by atoms with Crippen LogP contribution in [0.15, 0.2) is 11.2 Å². The van der Waals surface area contributed by atoms with Gasteiger partial charge in [0, 0.05) is 43.7 Å². The number of hydrogen-bond donors (Lipinski definition) is 3. The smallest absolute Gasteiger partial charge is 0.407 e. The van der Waals surface area contributed by atoms with Crippen molar-refractivity contribution in [2.75, 3.05) is 26.2 Å². The number of aryl methyl sites for hydroxylation is 1. The second kappa shape index (κ2) is 11.7. The van der Waals surface area contributed by atoms with Crippen LogP contribution in [-0.4, -0.2) is 48.8 Å². The summed E-state index contributed by atoms with van der Waals surface area (Å²) in [6.07, 6.45) is 4.24. The molecular formula is C18H33N5O2S. The highest BCUT2D eigenvalue weighted by molar-refractivity contribution is 7.11. The fraction of sp³-hybridized carbons (Fsp3) is 0.722. The quantitative estimate of drug-likeness (QED) is 0.347. The molecule has 1 rings (SSSR count). The number of alkyl carbamates (subject to hydrolysis) is 1. The minimum Gasteiger partial charge on any atom is -0.444 e. The highest BCUT2D eigenvalue weighted by Gasteiger charge is 2.15. The van der Waals surface area contributed by atoms with E-state index in [9.17, 15) is 4.79 Å². The lowest BCUT2D eigenvalue weighted by molar-refractivity contribution is 0.0527. The van der Waals surface area contributed by atoms with Gasteiger partial charge in [0.25, 0.3) is 0 Å². The zero-order valence-corrected chi connectivity index (χ0v) is 17.5. The van der Waals surface area contributed by atoms with E-state index in [0.717, 1.165) is 43.3 Å². The van der Waals surface area contributed by atoms with Gasteiger partial charge in [0.15, 0.2) is 5.96 Å². The highest BCUT2D eigenvalue weighted by Crippen LogP contribution is 2.13. The Kier molecular flexibility index (Phi) is 10.0. The summed E-state index contributed by atoms with van der Waals surface area (Å²) in [5.41, 5.74) is -0.473. The molecule has 0 unspecified atom stereocenters. The monoisotopic (exact) mass is 383 g/mol. The third-order valence-electron chi connectivity index (χ3n) is 3.20. The summed E-state index contributed by atoms with van der Waals surface area (Å²) in [6, 6.07) is 0. The number of rotatable bonds is 9. The molecule has 3 N–H and O–H groups in total. The molecule has 0 saturated heterocycles. The van der Waals surface area contributed by atoms with Crippen LogP contribution >= 0.6 is 11.3 Å². The molecule has 1 heterocycles. The average Bonchev–Trinajstić information content (AvgIpc) is 3.00. The van der Waals surface area contributed by atoms with Crippen LogP contribution in [-0.2, 0) is 17.6 Å². The van der Waals surface area contributed by atoms with E-state index >= 15 is 0 Å². The molecule has 0 fully saturated rings. The number of nitrogens with zero attached hydrogens (tertiary/aromatic N) is 2. The molecular weight excluding hydrogens is 350 g/mol. The Morgan fingerprint density at radius 1 is 1.23 bits per heavy atom. The molecule has 148 valence electrons. The third-order valence-corrected chi connectivity index (χ3v) is 4.40. The number of aliphatic imine (C=N–C) groups is 1. The van der Waals surface area contributed by atoms with Crippen LogP contribution in [0.5, 0.6) is 0 Å². The van der Waals surface area contributed by atoms with E-state index in [1.165, 1.54) is 4.88 Å². The first-order valence-electron chi connectivity index (χ1n) is 9.26. The van der Waals surface area contributed by atoms with Gasteiger partial charge in [-0.15, -0.1) is 11.3 Å². The van der Waals surface area contributed by atoms with Crippen molar-refractivity contribution in [3.8, 4) is 0 Å². The average molecular weight is 384 g/mol. The van der Waals surface area contributed by atoms with E-state index in [4.69, 9.17) is 4.74 Å². The van der Waals surface area contributed by atoms with Crippen LogP contribution in [0.1, 0.15) is 50.9 Å². The van der Waals surface area contributed by atoms with Gasteiger partial charge in [0.1, 0.15) is 5.60 Å². The summed E-state index contributed by atoms with van der Waals surface area (Å²) in [6.45, 7) is 12.5.